The Morgan fingerprint density at radius 3 is 2.02 bits per heavy atom. The van der Waals surface area contributed by atoms with E-state index in [9.17, 15) is 49.1 Å². The zero-order chi connectivity index (χ0) is 30.9. The lowest BCUT2D eigenvalue weighted by Crippen LogP contribution is -2.47. The van der Waals surface area contributed by atoms with Gasteiger partial charge in [0.15, 0.2) is 0 Å². The molecule has 0 radical (unpaired) electrons. The molecule has 2 unspecified atom stereocenters. The van der Waals surface area contributed by atoms with Crippen LogP contribution in [0.2, 0.25) is 0 Å². The smallest absolute Gasteiger partial charge is 0.453 e. The van der Waals surface area contributed by atoms with E-state index in [4.69, 9.17) is 9.47 Å². The second-order valence-electron chi connectivity index (χ2n) is 8.95. The van der Waals surface area contributed by atoms with Gasteiger partial charge in [-0.25, -0.2) is 9.59 Å². The van der Waals surface area contributed by atoms with Crippen LogP contribution in [0.3, 0.4) is 0 Å². The molecular formula is C25H23F9N2O5. The number of fused-ring (bicyclic) bond motifs is 1. The first-order chi connectivity index (χ1) is 18.9. The third-order valence-corrected chi connectivity index (χ3v) is 6.11. The lowest BCUT2D eigenvalue weighted by Gasteiger charge is -2.42. The molecule has 0 saturated carbocycles. The minimum absolute atomic E-state index is 0.0179. The Hall–Kier alpha value is -3.85. The number of rotatable bonds is 5. The van der Waals surface area contributed by atoms with Crippen molar-refractivity contribution in [2.24, 2.45) is 0 Å². The Morgan fingerprint density at radius 2 is 1.54 bits per heavy atom. The summed E-state index contributed by atoms with van der Waals surface area (Å²) in [5, 5.41) is 0. The number of benzene rings is 2. The normalized spacial score (nSPS) is 17.5. The predicted octanol–water partition coefficient (Wildman–Crippen LogP) is 7.69. The fourth-order valence-electron chi connectivity index (χ4n) is 4.50. The molecule has 41 heavy (non-hydrogen) atoms. The summed E-state index contributed by atoms with van der Waals surface area (Å²) in [6.45, 7) is 2.11. The van der Waals surface area contributed by atoms with Crippen LogP contribution in [0.25, 0.3) is 0 Å². The number of halogens is 9. The second kappa shape index (κ2) is 11.6. The van der Waals surface area contributed by atoms with Gasteiger partial charge in [-0.3, -0.25) is 9.80 Å². The molecule has 7 nitrogen and oxygen atoms in total. The monoisotopic (exact) mass is 602 g/mol. The average molecular weight is 602 g/mol. The van der Waals surface area contributed by atoms with Crippen molar-refractivity contribution < 1.29 is 63.3 Å². The van der Waals surface area contributed by atoms with Gasteiger partial charge in [0, 0.05) is 18.2 Å². The summed E-state index contributed by atoms with van der Waals surface area (Å²) in [6, 6.07) is 1.56. The molecule has 3 rings (SSSR count). The van der Waals surface area contributed by atoms with E-state index in [1.165, 1.54) is 13.8 Å². The number of methoxy groups -OCH3 is 1. The molecule has 0 saturated heterocycles. The minimum atomic E-state index is -5.16. The molecule has 0 spiro atoms. The van der Waals surface area contributed by atoms with Gasteiger partial charge in [0.2, 0.25) is 0 Å². The number of hydrogen-bond acceptors (Lipinski definition) is 5. The molecule has 0 N–H and O–H groups in total. The average Bonchev–Trinajstić information content (AvgIpc) is 2.84. The Morgan fingerprint density at radius 1 is 0.951 bits per heavy atom. The van der Waals surface area contributed by atoms with E-state index in [0.717, 1.165) is 35.1 Å². The predicted molar refractivity (Wildman–Crippen MR) is 124 cm³/mol. The topological polar surface area (TPSA) is 68.3 Å². The third-order valence-electron chi connectivity index (χ3n) is 6.11. The number of amides is 2. The second-order valence-corrected chi connectivity index (χ2v) is 8.95. The molecule has 0 aliphatic carbocycles. The van der Waals surface area contributed by atoms with Crippen LogP contribution in [-0.2, 0) is 28.4 Å². The molecule has 0 fully saturated rings. The lowest BCUT2D eigenvalue weighted by atomic mass is 9.90. The zero-order valence-electron chi connectivity index (χ0n) is 21.6. The van der Waals surface area contributed by atoms with E-state index >= 15 is 0 Å². The molecule has 2 atom stereocenters. The van der Waals surface area contributed by atoms with Gasteiger partial charge in [0.25, 0.3) is 0 Å². The van der Waals surface area contributed by atoms with Crippen LogP contribution < -0.4 is 9.64 Å². The van der Waals surface area contributed by atoms with E-state index < -0.39 is 72.0 Å². The summed E-state index contributed by atoms with van der Waals surface area (Å²) in [4.78, 5) is 27.4. The van der Waals surface area contributed by atoms with Crippen LogP contribution in [0.1, 0.15) is 48.6 Å². The number of anilines is 1. The lowest BCUT2D eigenvalue weighted by molar-refractivity contribution is -0.274. The van der Waals surface area contributed by atoms with Gasteiger partial charge in [0.05, 0.1) is 36.6 Å². The number of ether oxygens (including phenoxy) is 3. The fraction of sp³-hybridized carbons (Fsp3) is 0.440. The largest absolute Gasteiger partial charge is 0.573 e. The molecule has 1 heterocycles. The van der Waals surface area contributed by atoms with Crippen LogP contribution in [0.4, 0.5) is 54.8 Å². The number of nitrogens with zero attached hydrogens (tertiary/aromatic N) is 2. The van der Waals surface area contributed by atoms with Gasteiger partial charge in [-0.15, -0.1) is 13.2 Å². The summed E-state index contributed by atoms with van der Waals surface area (Å²) >= 11 is 0. The number of hydrogen-bond donors (Lipinski definition) is 0. The third kappa shape index (κ3) is 7.47. The summed E-state index contributed by atoms with van der Waals surface area (Å²) in [5.74, 6) is -0.747. The standard InChI is InChI=1S/C25H23F9N2O5/c1-4-40-22(38)36-13(2)7-20(18-11-17(5-6-19(18)36)41-25(32,33)34)35(21(37)39-3)12-14-8-15(23(26,27)28)10-16(9-14)24(29,30)31/h5-6,8-11,13,20H,4,7,12H2,1-3H3. The highest BCUT2D eigenvalue weighted by molar-refractivity contribution is 5.90. The molecule has 2 aromatic carbocycles. The first-order valence-electron chi connectivity index (χ1n) is 11.8. The SMILES string of the molecule is CCOC(=O)N1c2ccc(OC(F)(F)F)cc2C(N(Cc2cc(C(F)(F)F)cc(C(F)(F)F)c2)C(=O)OC)CC1C. The fourth-order valence-corrected chi connectivity index (χ4v) is 4.50. The molecular weight excluding hydrogens is 579 g/mol. The van der Waals surface area contributed by atoms with Crippen molar-refractivity contribution in [2.45, 2.75) is 57.6 Å². The molecule has 2 amide bonds. The van der Waals surface area contributed by atoms with Crippen molar-refractivity contribution in [3.63, 3.8) is 0 Å². The van der Waals surface area contributed by atoms with Gasteiger partial charge < -0.3 is 14.2 Å². The maximum absolute atomic E-state index is 13.4. The maximum Gasteiger partial charge on any atom is 0.573 e. The summed E-state index contributed by atoms with van der Waals surface area (Å²) in [5.41, 5.74) is -3.97. The first-order valence-corrected chi connectivity index (χ1v) is 11.8. The van der Waals surface area contributed by atoms with Crippen LogP contribution in [0.15, 0.2) is 36.4 Å². The molecule has 2 aromatic rings. The van der Waals surface area contributed by atoms with Crippen molar-refractivity contribution in [3.8, 4) is 5.75 Å². The van der Waals surface area contributed by atoms with Crippen LogP contribution >= 0.6 is 0 Å². The van der Waals surface area contributed by atoms with Crippen molar-refractivity contribution in [2.75, 3.05) is 18.6 Å². The van der Waals surface area contributed by atoms with Crippen LogP contribution in [-0.4, -0.2) is 43.2 Å². The quantitative estimate of drug-likeness (QED) is 0.329. The first kappa shape index (κ1) is 31.7. The van der Waals surface area contributed by atoms with Crippen molar-refractivity contribution in [3.05, 3.63) is 58.7 Å². The zero-order valence-corrected chi connectivity index (χ0v) is 21.6. The van der Waals surface area contributed by atoms with E-state index in [0.29, 0.717) is 12.1 Å². The molecule has 16 heteroatoms. The van der Waals surface area contributed by atoms with Crippen molar-refractivity contribution >= 4 is 17.9 Å². The van der Waals surface area contributed by atoms with E-state index in [2.05, 4.69) is 4.74 Å². The Bertz CT molecular complexity index is 1250. The number of carbonyl (C=O) groups excluding carboxylic acids is 2. The number of carbonyl (C=O) groups is 2. The highest BCUT2D eigenvalue weighted by atomic mass is 19.4. The summed E-state index contributed by atoms with van der Waals surface area (Å²) in [7, 11) is 0.907. The van der Waals surface area contributed by atoms with Crippen molar-refractivity contribution in [1.82, 2.24) is 4.90 Å². The Kier molecular flexibility index (Phi) is 8.93. The molecule has 1 aliphatic rings. The molecule has 0 aromatic heterocycles. The highest BCUT2D eigenvalue weighted by Crippen LogP contribution is 2.44. The van der Waals surface area contributed by atoms with E-state index in [1.54, 1.807) is 0 Å². The van der Waals surface area contributed by atoms with Crippen molar-refractivity contribution in [1.29, 1.82) is 0 Å². The summed E-state index contributed by atoms with van der Waals surface area (Å²) in [6.07, 6.45) is -17.7. The minimum Gasteiger partial charge on any atom is -0.453 e. The molecule has 226 valence electrons. The summed E-state index contributed by atoms with van der Waals surface area (Å²) < 4.78 is 133. The number of alkyl halides is 9. The van der Waals surface area contributed by atoms with Gasteiger partial charge in [-0.05, 0) is 62.2 Å². The van der Waals surface area contributed by atoms with Crippen LogP contribution in [0.5, 0.6) is 5.75 Å². The van der Waals surface area contributed by atoms with Gasteiger partial charge in [-0.2, -0.15) is 26.3 Å². The van der Waals surface area contributed by atoms with Gasteiger partial charge >= 0.3 is 30.9 Å². The molecule has 1 aliphatic heterocycles. The van der Waals surface area contributed by atoms with Crippen LogP contribution in [0, 0.1) is 0 Å². The van der Waals surface area contributed by atoms with Gasteiger partial charge in [-0.1, -0.05) is 0 Å². The van der Waals surface area contributed by atoms with Gasteiger partial charge in [0.1, 0.15) is 5.75 Å². The van der Waals surface area contributed by atoms with E-state index in [1.807, 2.05) is 0 Å². The van der Waals surface area contributed by atoms with E-state index in [-0.39, 0.29) is 30.3 Å². The maximum atomic E-state index is 13.4. The highest BCUT2D eigenvalue weighted by Gasteiger charge is 2.42. The Labute approximate surface area is 227 Å². The Balaban J connectivity index is 2.18. The molecule has 0 bridgehead atoms.